The molecule has 1 unspecified atom stereocenters. The fourth-order valence-electron chi connectivity index (χ4n) is 0.969. The van der Waals surface area contributed by atoms with Crippen LogP contribution in [0.15, 0.2) is 10.8 Å². The van der Waals surface area contributed by atoms with Crippen molar-refractivity contribution in [2.24, 2.45) is 0 Å². The predicted octanol–water partition coefficient (Wildman–Crippen LogP) is 2.34. The van der Waals surface area contributed by atoms with Gasteiger partial charge >= 0.3 is 0 Å². The highest BCUT2D eigenvalue weighted by Gasteiger charge is 2.04. The van der Waals surface area contributed by atoms with Gasteiger partial charge in [-0.25, -0.2) is 0 Å². The zero-order chi connectivity index (χ0) is 7.56. The van der Waals surface area contributed by atoms with Crippen LogP contribution in [0, 0.1) is 6.92 Å². The molecule has 1 heterocycles. The smallest absolute Gasteiger partial charge is 0.0299 e. The quantitative estimate of drug-likeness (QED) is 0.691. The topological polar surface area (TPSA) is 12.0 Å². The molecule has 0 aliphatic heterocycles. The Morgan fingerprint density at radius 3 is 2.60 bits per heavy atom. The molecule has 1 aromatic rings. The Hall–Kier alpha value is -0.340. The van der Waals surface area contributed by atoms with E-state index in [1.54, 1.807) is 11.3 Å². The molecule has 0 amide bonds. The first-order valence-electron chi connectivity index (χ1n) is 3.45. The van der Waals surface area contributed by atoms with E-state index < -0.39 is 0 Å². The molecule has 0 spiro atoms. The first kappa shape index (κ1) is 7.76. The maximum absolute atomic E-state index is 3.21. The summed E-state index contributed by atoms with van der Waals surface area (Å²) >= 11 is 1.77. The van der Waals surface area contributed by atoms with Crippen LogP contribution in [0.3, 0.4) is 0 Å². The molecule has 0 bridgehead atoms. The Balaban J connectivity index is 2.82. The molecule has 1 atom stereocenters. The summed E-state index contributed by atoms with van der Waals surface area (Å²) in [5, 5.41) is 7.60. The van der Waals surface area contributed by atoms with E-state index in [-0.39, 0.29) is 0 Å². The second-order valence-corrected chi connectivity index (χ2v) is 3.26. The number of nitrogens with one attached hydrogen (secondary N) is 1. The minimum Gasteiger partial charge on any atom is -0.313 e. The SMILES string of the molecule is CNC(C)c1cscc1C. The fourth-order valence-corrected chi connectivity index (χ4v) is 1.91. The van der Waals surface area contributed by atoms with Gasteiger partial charge in [0.15, 0.2) is 0 Å². The Bertz CT molecular complexity index is 205. The van der Waals surface area contributed by atoms with Crippen molar-refractivity contribution in [3.63, 3.8) is 0 Å². The molecule has 0 saturated heterocycles. The van der Waals surface area contributed by atoms with E-state index in [2.05, 4.69) is 29.9 Å². The van der Waals surface area contributed by atoms with Crippen molar-refractivity contribution in [3.8, 4) is 0 Å². The van der Waals surface area contributed by atoms with Crippen LogP contribution in [0.4, 0.5) is 0 Å². The molecule has 10 heavy (non-hydrogen) atoms. The fraction of sp³-hybridized carbons (Fsp3) is 0.500. The van der Waals surface area contributed by atoms with Crippen LogP contribution >= 0.6 is 11.3 Å². The lowest BCUT2D eigenvalue weighted by atomic mass is 10.1. The van der Waals surface area contributed by atoms with E-state index in [4.69, 9.17) is 0 Å². The normalized spacial score (nSPS) is 13.5. The monoisotopic (exact) mass is 155 g/mol. The number of rotatable bonds is 2. The Morgan fingerprint density at radius 1 is 1.50 bits per heavy atom. The maximum atomic E-state index is 3.21. The van der Waals surface area contributed by atoms with Crippen molar-refractivity contribution in [2.75, 3.05) is 7.05 Å². The van der Waals surface area contributed by atoms with Crippen LogP contribution in [-0.4, -0.2) is 7.05 Å². The van der Waals surface area contributed by atoms with Gasteiger partial charge in [-0.05, 0) is 42.8 Å². The summed E-state index contributed by atoms with van der Waals surface area (Å²) in [5.41, 5.74) is 2.82. The summed E-state index contributed by atoms with van der Waals surface area (Å²) in [5.74, 6) is 0. The lowest BCUT2D eigenvalue weighted by Gasteiger charge is -2.08. The van der Waals surface area contributed by atoms with Gasteiger partial charge in [0.1, 0.15) is 0 Å². The summed E-state index contributed by atoms with van der Waals surface area (Å²) in [7, 11) is 1.99. The number of aryl methyl sites for hydroxylation is 1. The maximum Gasteiger partial charge on any atom is 0.0299 e. The molecule has 0 fully saturated rings. The van der Waals surface area contributed by atoms with Gasteiger partial charge in [-0.15, -0.1) is 0 Å². The van der Waals surface area contributed by atoms with Gasteiger partial charge in [-0.1, -0.05) is 0 Å². The molecule has 0 saturated carbocycles. The van der Waals surface area contributed by atoms with Crippen molar-refractivity contribution in [1.82, 2.24) is 5.32 Å². The lowest BCUT2D eigenvalue weighted by Crippen LogP contribution is -2.12. The molecule has 1 aromatic heterocycles. The van der Waals surface area contributed by atoms with Crippen molar-refractivity contribution >= 4 is 11.3 Å². The van der Waals surface area contributed by atoms with E-state index >= 15 is 0 Å². The lowest BCUT2D eigenvalue weighted by molar-refractivity contribution is 0.651. The molecule has 0 aliphatic rings. The highest BCUT2D eigenvalue weighted by atomic mass is 32.1. The zero-order valence-corrected chi connectivity index (χ0v) is 7.46. The Kier molecular flexibility index (Phi) is 2.46. The molecule has 0 aliphatic carbocycles. The summed E-state index contributed by atoms with van der Waals surface area (Å²) < 4.78 is 0. The van der Waals surface area contributed by atoms with Crippen molar-refractivity contribution in [3.05, 3.63) is 21.9 Å². The van der Waals surface area contributed by atoms with Crippen LogP contribution in [-0.2, 0) is 0 Å². The van der Waals surface area contributed by atoms with Crippen LogP contribution in [0.25, 0.3) is 0 Å². The van der Waals surface area contributed by atoms with E-state index in [1.165, 1.54) is 11.1 Å². The zero-order valence-electron chi connectivity index (χ0n) is 6.64. The van der Waals surface area contributed by atoms with Crippen LogP contribution < -0.4 is 5.32 Å². The third-order valence-electron chi connectivity index (χ3n) is 1.79. The molecule has 1 N–H and O–H groups in total. The minimum absolute atomic E-state index is 0.492. The average molecular weight is 155 g/mol. The van der Waals surface area contributed by atoms with Crippen molar-refractivity contribution < 1.29 is 0 Å². The number of thiophene rings is 1. The van der Waals surface area contributed by atoms with Gasteiger partial charge in [-0.3, -0.25) is 0 Å². The van der Waals surface area contributed by atoms with Crippen LogP contribution in [0.2, 0.25) is 0 Å². The highest BCUT2D eigenvalue weighted by molar-refractivity contribution is 7.08. The molecule has 2 heteroatoms. The van der Waals surface area contributed by atoms with Crippen LogP contribution in [0.5, 0.6) is 0 Å². The summed E-state index contributed by atoms with van der Waals surface area (Å²) in [6.07, 6.45) is 0. The first-order valence-corrected chi connectivity index (χ1v) is 4.40. The molecule has 0 radical (unpaired) electrons. The predicted molar refractivity (Wildman–Crippen MR) is 46.5 cm³/mol. The standard InChI is InChI=1S/C8H13NS/c1-6-4-10-5-8(6)7(2)9-3/h4-5,7,9H,1-3H3. The minimum atomic E-state index is 0.492. The van der Waals surface area contributed by atoms with E-state index in [0.29, 0.717) is 6.04 Å². The molecule has 1 rings (SSSR count). The number of hydrogen-bond donors (Lipinski definition) is 1. The second kappa shape index (κ2) is 3.17. The van der Waals surface area contributed by atoms with Gasteiger partial charge in [0, 0.05) is 6.04 Å². The van der Waals surface area contributed by atoms with E-state index in [1.807, 2.05) is 7.05 Å². The molecule has 56 valence electrons. The van der Waals surface area contributed by atoms with Gasteiger partial charge in [0.05, 0.1) is 0 Å². The third kappa shape index (κ3) is 1.39. The average Bonchev–Trinajstić information content (AvgIpc) is 2.34. The summed E-state index contributed by atoms with van der Waals surface area (Å²) in [6, 6.07) is 0.492. The van der Waals surface area contributed by atoms with Crippen molar-refractivity contribution in [1.29, 1.82) is 0 Å². The first-order chi connectivity index (χ1) is 4.75. The van der Waals surface area contributed by atoms with Gasteiger partial charge in [-0.2, -0.15) is 11.3 Å². The van der Waals surface area contributed by atoms with E-state index in [9.17, 15) is 0 Å². The van der Waals surface area contributed by atoms with Crippen LogP contribution in [0.1, 0.15) is 24.1 Å². The van der Waals surface area contributed by atoms with Gasteiger partial charge in [0.2, 0.25) is 0 Å². The Morgan fingerprint density at radius 2 is 2.20 bits per heavy atom. The summed E-state index contributed by atoms with van der Waals surface area (Å²) in [4.78, 5) is 0. The molecule has 0 aromatic carbocycles. The van der Waals surface area contributed by atoms with E-state index in [0.717, 1.165) is 0 Å². The van der Waals surface area contributed by atoms with Crippen molar-refractivity contribution in [2.45, 2.75) is 19.9 Å². The molecular weight excluding hydrogens is 142 g/mol. The summed E-state index contributed by atoms with van der Waals surface area (Å²) in [6.45, 7) is 4.33. The number of hydrogen-bond acceptors (Lipinski definition) is 2. The van der Waals surface area contributed by atoms with Gasteiger partial charge in [0.25, 0.3) is 0 Å². The molecule has 1 nitrogen and oxygen atoms in total. The molecular formula is C8H13NS. The third-order valence-corrected chi connectivity index (χ3v) is 2.67. The highest BCUT2D eigenvalue weighted by Crippen LogP contribution is 2.20. The Labute approximate surface area is 66.1 Å². The second-order valence-electron chi connectivity index (χ2n) is 2.52. The largest absolute Gasteiger partial charge is 0.313 e. The van der Waals surface area contributed by atoms with Gasteiger partial charge < -0.3 is 5.32 Å².